The quantitative estimate of drug-likeness (QED) is 0.549. The van der Waals surface area contributed by atoms with Gasteiger partial charge in [0.25, 0.3) is 5.56 Å². The fraction of sp³-hybridized carbons (Fsp3) is 0.700. The Morgan fingerprint density at radius 3 is 2.45 bits per heavy atom. The highest BCUT2D eigenvalue weighted by atomic mass is 31.2. The first-order chi connectivity index (χ1) is 13.0. The van der Waals surface area contributed by atoms with Crippen molar-refractivity contribution in [1.29, 1.82) is 0 Å². The molecule has 1 aromatic rings. The van der Waals surface area contributed by atoms with Crippen molar-refractivity contribution < 1.29 is 13.7 Å². The summed E-state index contributed by atoms with van der Waals surface area (Å²) in [7, 11) is -4.50. The van der Waals surface area contributed by atoms with Crippen LogP contribution in [0, 0.1) is 6.92 Å². The number of rotatable bonds is 5. The van der Waals surface area contributed by atoms with Crippen molar-refractivity contribution in [3.05, 3.63) is 44.0 Å². The van der Waals surface area contributed by atoms with Crippen LogP contribution in [0.3, 0.4) is 0 Å². The SMILES string of the molecule is C/C(=C\P(C)(C)=O)[C@H]1O[C@@H](n2cc(C)c(=O)[nH]c2=O)CC1O[Si](C)(C)C(C)(C)C. The molecule has 0 amide bonds. The predicted octanol–water partition coefficient (Wildman–Crippen LogP) is 4.05. The fourth-order valence-electron chi connectivity index (χ4n) is 3.24. The van der Waals surface area contributed by atoms with Gasteiger partial charge in [0.05, 0.1) is 6.10 Å². The lowest BCUT2D eigenvalue weighted by molar-refractivity contribution is 0.000727. The molecule has 9 heteroatoms. The lowest BCUT2D eigenvalue weighted by atomic mass is 10.1. The van der Waals surface area contributed by atoms with Crippen LogP contribution >= 0.6 is 7.14 Å². The number of aromatic amines is 1. The van der Waals surface area contributed by atoms with Crippen molar-refractivity contribution in [2.45, 2.75) is 77.6 Å². The standard InChI is InChI=1S/C20H35N2O5PSi/c1-13-11-22(19(24)21-18(13)23)16-10-15(27-29(8,9)20(3,4)5)17(26-16)14(2)12-28(6,7)25/h11-12,15-17H,10H2,1-9H3,(H,21,23,24)/b14-12+/t15?,16-,17-/m1/s1. The average Bonchev–Trinajstić information content (AvgIpc) is 2.91. The molecule has 2 rings (SSSR count). The lowest BCUT2D eigenvalue weighted by Gasteiger charge is -2.39. The van der Waals surface area contributed by atoms with E-state index in [0.29, 0.717) is 12.0 Å². The number of aromatic nitrogens is 2. The summed E-state index contributed by atoms with van der Waals surface area (Å²) in [6, 6.07) is 0. The molecule has 1 N–H and O–H groups in total. The van der Waals surface area contributed by atoms with Gasteiger partial charge in [-0.2, -0.15) is 0 Å². The Hall–Kier alpha value is -1.21. The third-order valence-corrected chi connectivity index (χ3v) is 11.3. The van der Waals surface area contributed by atoms with Crippen LogP contribution in [-0.4, -0.2) is 43.4 Å². The summed E-state index contributed by atoms with van der Waals surface area (Å²) in [5, 5.41) is 0.0173. The van der Waals surface area contributed by atoms with E-state index < -0.39 is 39.0 Å². The van der Waals surface area contributed by atoms with E-state index in [4.69, 9.17) is 9.16 Å². The maximum absolute atomic E-state index is 12.4. The van der Waals surface area contributed by atoms with Crippen molar-refractivity contribution in [3.8, 4) is 0 Å². The Kier molecular flexibility index (Phi) is 6.75. The molecule has 1 saturated heterocycles. The molecule has 0 aliphatic carbocycles. The molecule has 7 nitrogen and oxygen atoms in total. The van der Waals surface area contributed by atoms with Gasteiger partial charge in [-0.15, -0.1) is 0 Å². The van der Waals surface area contributed by atoms with Crippen LogP contribution in [0.25, 0.3) is 0 Å². The first kappa shape index (κ1) is 24.1. The predicted molar refractivity (Wildman–Crippen MR) is 120 cm³/mol. The highest BCUT2D eigenvalue weighted by Gasteiger charge is 2.45. The Bertz CT molecular complexity index is 951. The molecule has 2 heterocycles. The van der Waals surface area contributed by atoms with E-state index >= 15 is 0 Å². The highest BCUT2D eigenvalue weighted by Crippen LogP contribution is 2.45. The Labute approximate surface area is 174 Å². The number of H-pyrrole nitrogens is 1. The van der Waals surface area contributed by atoms with Gasteiger partial charge >= 0.3 is 5.69 Å². The minimum Gasteiger partial charge on any atom is -0.411 e. The molecule has 1 unspecified atom stereocenters. The number of hydrogen-bond acceptors (Lipinski definition) is 5. The lowest BCUT2D eigenvalue weighted by Crippen LogP contribution is -2.46. The summed E-state index contributed by atoms with van der Waals surface area (Å²) < 4.78 is 26.7. The third kappa shape index (κ3) is 5.69. The molecule has 1 aliphatic heterocycles. The van der Waals surface area contributed by atoms with E-state index in [1.54, 1.807) is 26.1 Å². The maximum atomic E-state index is 12.4. The van der Waals surface area contributed by atoms with E-state index in [9.17, 15) is 14.2 Å². The number of aryl methyl sites for hydroxylation is 1. The number of hydrogen-bond donors (Lipinski definition) is 1. The van der Waals surface area contributed by atoms with E-state index in [1.165, 1.54) is 10.8 Å². The van der Waals surface area contributed by atoms with E-state index in [0.717, 1.165) is 5.57 Å². The smallest absolute Gasteiger partial charge is 0.330 e. The zero-order valence-electron chi connectivity index (χ0n) is 19.0. The van der Waals surface area contributed by atoms with E-state index in [-0.39, 0.29) is 11.1 Å². The van der Waals surface area contributed by atoms with Gasteiger partial charge in [-0.3, -0.25) is 14.3 Å². The first-order valence-electron chi connectivity index (χ1n) is 9.91. The minimum atomic E-state index is -2.40. The monoisotopic (exact) mass is 442 g/mol. The Morgan fingerprint density at radius 2 is 1.93 bits per heavy atom. The van der Waals surface area contributed by atoms with Crippen LogP contribution in [-0.2, 0) is 13.7 Å². The van der Waals surface area contributed by atoms with Gasteiger partial charge in [0, 0.05) is 18.2 Å². The molecule has 0 spiro atoms. The molecule has 1 aliphatic rings. The van der Waals surface area contributed by atoms with Crippen LogP contribution in [0.5, 0.6) is 0 Å². The van der Waals surface area contributed by atoms with Gasteiger partial charge in [-0.25, -0.2) is 4.79 Å². The second-order valence-electron chi connectivity index (χ2n) is 9.95. The van der Waals surface area contributed by atoms with Crippen LogP contribution in [0.15, 0.2) is 27.2 Å². The molecule has 164 valence electrons. The molecule has 3 atom stereocenters. The number of nitrogens with zero attached hydrogens (tertiary/aromatic N) is 1. The molecule has 29 heavy (non-hydrogen) atoms. The second kappa shape index (κ2) is 8.14. The zero-order chi connectivity index (χ0) is 22.4. The zero-order valence-corrected chi connectivity index (χ0v) is 20.9. The van der Waals surface area contributed by atoms with Crippen LogP contribution in [0.1, 0.15) is 45.9 Å². The van der Waals surface area contributed by atoms with Gasteiger partial charge in [0.15, 0.2) is 8.32 Å². The van der Waals surface area contributed by atoms with Crippen molar-refractivity contribution in [1.82, 2.24) is 9.55 Å². The van der Waals surface area contributed by atoms with E-state index in [2.05, 4.69) is 38.8 Å². The van der Waals surface area contributed by atoms with Crippen molar-refractivity contribution in [2.75, 3.05) is 13.3 Å². The van der Waals surface area contributed by atoms with Crippen LogP contribution in [0.2, 0.25) is 18.1 Å². The Balaban J connectivity index is 2.45. The number of nitrogens with one attached hydrogen (secondary N) is 1. The van der Waals surface area contributed by atoms with Gasteiger partial charge < -0.3 is 13.7 Å². The first-order valence-corrected chi connectivity index (χ1v) is 15.5. The number of ether oxygens (including phenoxy) is 1. The van der Waals surface area contributed by atoms with Gasteiger partial charge in [0.1, 0.15) is 19.5 Å². The second-order valence-corrected chi connectivity index (χ2v) is 17.8. The topological polar surface area (TPSA) is 90.4 Å². The van der Waals surface area contributed by atoms with Gasteiger partial charge in [-0.05, 0) is 56.7 Å². The van der Waals surface area contributed by atoms with Crippen molar-refractivity contribution >= 4 is 15.5 Å². The van der Waals surface area contributed by atoms with Crippen molar-refractivity contribution in [2.24, 2.45) is 0 Å². The summed E-state index contributed by atoms with van der Waals surface area (Å²) in [5.74, 6) is 1.77. The third-order valence-electron chi connectivity index (χ3n) is 5.75. The highest BCUT2D eigenvalue weighted by molar-refractivity contribution is 7.65. The molecular weight excluding hydrogens is 407 g/mol. The molecule has 0 bridgehead atoms. The molecule has 1 aromatic heterocycles. The minimum absolute atomic E-state index is 0.0173. The normalized spacial score (nSPS) is 24.2. The maximum Gasteiger partial charge on any atom is 0.330 e. The fourth-order valence-corrected chi connectivity index (χ4v) is 5.70. The summed E-state index contributed by atoms with van der Waals surface area (Å²) in [6.45, 7) is 17.8. The van der Waals surface area contributed by atoms with E-state index in [1.807, 2.05) is 6.92 Å². The largest absolute Gasteiger partial charge is 0.411 e. The van der Waals surface area contributed by atoms with Crippen LogP contribution in [0.4, 0.5) is 0 Å². The van der Waals surface area contributed by atoms with Crippen LogP contribution < -0.4 is 11.2 Å². The van der Waals surface area contributed by atoms with Gasteiger partial charge in [-0.1, -0.05) is 20.8 Å². The summed E-state index contributed by atoms with van der Waals surface area (Å²) in [5.41, 5.74) is 0.385. The van der Waals surface area contributed by atoms with Crippen molar-refractivity contribution in [3.63, 3.8) is 0 Å². The molecule has 1 fully saturated rings. The average molecular weight is 443 g/mol. The summed E-state index contributed by atoms with van der Waals surface area (Å²) in [4.78, 5) is 26.4. The molecule has 0 saturated carbocycles. The molecule has 0 aromatic carbocycles. The molecular formula is C20H35N2O5PSi. The summed E-state index contributed by atoms with van der Waals surface area (Å²) >= 11 is 0. The summed E-state index contributed by atoms with van der Waals surface area (Å²) in [6.07, 6.45) is 0.783. The Morgan fingerprint density at radius 1 is 1.34 bits per heavy atom. The van der Waals surface area contributed by atoms with Gasteiger partial charge in [0.2, 0.25) is 0 Å². The molecule has 0 radical (unpaired) electrons.